The van der Waals surface area contributed by atoms with Crippen LogP contribution in [0.15, 0.2) is 71.6 Å². The molecule has 180 valence electrons. The summed E-state index contributed by atoms with van der Waals surface area (Å²) in [6.45, 7) is 2.93. The summed E-state index contributed by atoms with van der Waals surface area (Å²) in [5.74, 6) is 1.40. The normalized spacial score (nSPS) is 14.5. The minimum absolute atomic E-state index is 0.139. The van der Waals surface area contributed by atoms with Gasteiger partial charge >= 0.3 is 0 Å². The molecule has 0 atom stereocenters. The summed E-state index contributed by atoms with van der Waals surface area (Å²) < 4.78 is 30.8. The summed E-state index contributed by atoms with van der Waals surface area (Å²) in [4.78, 5) is 15.2. The van der Waals surface area contributed by atoms with Crippen LogP contribution in [0.2, 0.25) is 0 Å². The minimum Gasteiger partial charge on any atom is -0.497 e. The molecule has 0 radical (unpaired) electrons. The Kier molecular flexibility index (Phi) is 8.05. The first-order valence-corrected chi connectivity index (χ1v) is 12.2. The predicted octanol–water partition coefficient (Wildman–Crippen LogP) is 6.21. The summed E-state index contributed by atoms with van der Waals surface area (Å²) in [7, 11) is 1.61. The van der Waals surface area contributed by atoms with Gasteiger partial charge in [0.15, 0.2) is 11.5 Å². The lowest BCUT2D eigenvalue weighted by Crippen LogP contribution is -2.27. The summed E-state index contributed by atoms with van der Waals surface area (Å²) in [6.07, 6.45) is 1.80. The van der Waals surface area contributed by atoms with Crippen molar-refractivity contribution in [1.29, 1.82) is 0 Å². The maximum absolute atomic E-state index is 13.4. The zero-order chi connectivity index (χ0) is 24.8. The van der Waals surface area contributed by atoms with Gasteiger partial charge in [-0.25, -0.2) is 4.39 Å². The molecule has 1 saturated heterocycles. The third-order valence-corrected chi connectivity index (χ3v) is 6.60. The number of carbonyl (C=O) groups excluding carboxylic acids is 1. The molecule has 0 saturated carbocycles. The molecule has 3 aromatic carbocycles. The second kappa shape index (κ2) is 11.4. The van der Waals surface area contributed by atoms with E-state index < -0.39 is 0 Å². The summed E-state index contributed by atoms with van der Waals surface area (Å²) in [6, 6.07) is 19.3. The van der Waals surface area contributed by atoms with Gasteiger partial charge in [0.2, 0.25) is 0 Å². The number of hydrogen-bond acceptors (Lipinski definition) is 6. The molecule has 1 fully saturated rings. The lowest BCUT2D eigenvalue weighted by molar-refractivity contribution is -0.122. The van der Waals surface area contributed by atoms with Crippen LogP contribution in [0.3, 0.4) is 0 Å². The van der Waals surface area contributed by atoms with Gasteiger partial charge in [-0.2, -0.15) is 0 Å². The highest BCUT2D eigenvalue weighted by molar-refractivity contribution is 8.26. The highest BCUT2D eigenvalue weighted by Gasteiger charge is 2.32. The third-order valence-electron chi connectivity index (χ3n) is 5.22. The van der Waals surface area contributed by atoms with Gasteiger partial charge in [0.25, 0.3) is 5.91 Å². The molecule has 4 rings (SSSR count). The SMILES string of the molecule is CCOc1cc(/C=C2\SC(=S)N(Cc3ccc(OC)cc3)C2=O)ccc1OCc1cccc(F)c1. The molecular formula is C27H24FNO4S2. The van der Waals surface area contributed by atoms with Crippen LogP contribution in [0, 0.1) is 5.82 Å². The van der Waals surface area contributed by atoms with Crippen LogP contribution in [0.5, 0.6) is 17.2 Å². The molecule has 0 unspecified atom stereocenters. The van der Waals surface area contributed by atoms with Crippen LogP contribution in [0.4, 0.5) is 4.39 Å². The number of methoxy groups -OCH3 is 1. The number of thiocarbonyl (C=S) groups is 1. The van der Waals surface area contributed by atoms with Crippen molar-refractivity contribution < 1.29 is 23.4 Å². The maximum atomic E-state index is 13.4. The monoisotopic (exact) mass is 509 g/mol. The zero-order valence-electron chi connectivity index (χ0n) is 19.3. The van der Waals surface area contributed by atoms with E-state index in [2.05, 4.69) is 0 Å². The Labute approximate surface area is 213 Å². The van der Waals surface area contributed by atoms with Crippen LogP contribution in [0.25, 0.3) is 6.08 Å². The number of halogens is 1. The van der Waals surface area contributed by atoms with Crippen LogP contribution >= 0.6 is 24.0 Å². The summed E-state index contributed by atoms with van der Waals surface area (Å²) in [5.41, 5.74) is 2.47. The van der Waals surface area contributed by atoms with E-state index in [1.54, 1.807) is 36.3 Å². The topological polar surface area (TPSA) is 48.0 Å². The van der Waals surface area contributed by atoms with Crippen molar-refractivity contribution in [2.75, 3.05) is 13.7 Å². The quantitative estimate of drug-likeness (QED) is 0.252. The summed E-state index contributed by atoms with van der Waals surface area (Å²) >= 11 is 6.74. The van der Waals surface area contributed by atoms with E-state index in [9.17, 15) is 9.18 Å². The van der Waals surface area contributed by atoms with Crippen molar-refractivity contribution in [3.63, 3.8) is 0 Å². The molecule has 1 aliphatic heterocycles. The van der Waals surface area contributed by atoms with Crippen molar-refractivity contribution in [3.05, 3.63) is 94.1 Å². The van der Waals surface area contributed by atoms with E-state index in [0.29, 0.717) is 33.9 Å². The van der Waals surface area contributed by atoms with Gasteiger partial charge in [0.1, 0.15) is 22.5 Å². The zero-order valence-corrected chi connectivity index (χ0v) is 21.0. The Morgan fingerprint density at radius 3 is 2.51 bits per heavy atom. The molecule has 8 heteroatoms. The number of ether oxygens (including phenoxy) is 3. The summed E-state index contributed by atoms with van der Waals surface area (Å²) in [5, 5.41) is 0. The fraction of sp³-hybridized carbons (Fsp3) is 0.185. The van der Waals surface area contributed by atoms with Crippen LogP contribution < -0.4 is 14.2 Å². The number of amides is 1. The van der Waals surface area contributed by atoms with E-state index in [0.717, 1.165) is 22.4 Å². The molecule has 0 aromatic heterocycles. The minimum atomic E-state index is -0.309. The van der Waals surface area contributed by atoms with Gasteiger partial charge in [0, 0.05) is 0 Å². The number of hydrogen-bond donors (Lipinski definition) is 0. The number of benzene rings is 3. The van der Waals surface area contributed by atoms with Crippen LogP contribution in [-0.4, -0.2) is 28.8 Å². The second-order valence-electron chi connectivity index (χ2n) is 7.67. The van der Waals surface area contributed by atoms with Crippen LogP contribution in [-0.2, 0) is 17.9 Å². The maximum Gasteiger partial charge on any atom is 0.266 e. The first-order valence-electron chi connectivity index (χ1n) is 11.0. The Hall–Kier alpha value is -3.36. The van der Waals surface area contributed by atoms with E-state index in [4.69, 9.17) is 26.4 Å². The molecule has 0 aliphatic carbocycles. The average Bonchev–Trinajstić information content (AvgIpc) is 3.11. The Balaban J connectivity index is 1.49. The Bertz CT molecular complexity index is 1260. The number of nitrogens with zero attached hydrogens (tertiary/aromatic N) is 1. The van der Waals surface area contributed by atoms with Gasteiger partial charge < -0.3 is 14.2 Å². The van der Waals surface area contributed by atoms with Gasteiger partial charge in [-0.1, -0.05) is 54.3 Å². The molecule has 35 heavy (non-hydrogen) atoms. The molecule has 0 bridgehead atoms. The first kappa shape index (κ1) is 24.8. The van der Waals surface area contributed by atoms with E-state index in [1.165, 1.54) is 23.9 Å². The number of thioether (sulfide) groups is 1. The van der Waals surface area contributed by atoms with Gasteiger partial charge in [-0.3, -0.25) is 9.69 Å². The fourth-order valence-corrected chi connectivity index (χ4v) is 4.75. The van der Waals surface area contributed by atoms with Crippen molar-refractivity contribution in [2.45, 2.75) is 20.1 Å². The van der Waals surface area contributed by atoms with Crippen molar-refractivity contribution in [2.24, 2.45) is 0 Å². The van der Waals surface area contributed by atoms with Crippen molar-refractivity contribution >= 4 is 40.3 Å². The van der Waals surface area contributed by atoms with Gasteiger partial charge in [-0.15, -0.1) is 0 Å². The van der Waals surface area contributed by atoms with E-state index >= 15 is 0 Å². The Morgan fingerprint density at radius 1 is 1.00 bits per heavy atom. The van der Waals surface area contributed by atoms with Crippen LogP contribution in [0.1, 0.15) is 23.6 Å². The molecule has 1 aliphatic rings. The van der Waals surface area contributed by atoms with E-state index in [-0.39, 0.29) is 18.3 Å². The van der Waals surface area contributed by atoms with Crippen molar-refractivity contribution in [1.82, 2.24) is 4.90 Å². The van der Waals surface area contributed by atoms with Gasteiger partial charge in [0.05, 0.1) is 25.2 Å². The number of carbonyl (C=O) groups is 1. The fourth-order valence-electron chi connectivity index (χ4n) is 3.49. The molecule has 0 N–H and O–H groups in total. The molecule has 1 amide bonds. The average molecular weight is 510 g/mol. The lowest BCUT2D eigenvalue weighted by atomic mass is 10.1. The molecule has 0 spiro atoms. The molecule has 5 nitrogen and oxygen atoms in total. The smallest absolute Gasteiger partial charge is 0.266 e. The highest BCUT2D eigenvalue weighted by atomic mass is 32.2. The third kappa shape index (κ3) is 6.21. The first-order chi connectivity index (χ1) is 17.0. The van der Waals surface area contributed by atoms with Crippen molar-refractivity contribution in [3.8, 4) is 17.2 Å². The van der Waals surface area contributed by atoms with E-state index in [1.807, 2.05) is 43.3 Å². The number of rotatable bonds is 9. The predicted molar refractivity (Wildman–Crippen MR) is 140 cm³/mol. The standard InChI is InChI=1S/C27H24FNO4S2/c1-3-32-24-14-19(9-12-23(24)33-17-20-5-4-6-21(28)13-20)15-25-26(30)29(27(34)35-25)16-18-7-10-22(31-2)11-8-18/h4-15H,3,16-17H2,1-2H3/b25-15-. The molecule has 3 aromatic rings. The second-order valence-corrected chi connectivity index (χ2v) is 9.35. The molecular weight excluding hydrogens is 485 g/mol. The Morgan fingerprint density at radius 2 is 1.80 bits per heavy atom. The molecule has 1 heterocycles. The van der Waals surface area contributed by atoms with Gasteiger partial charge in [-0.05, 0) is 66.1 Å². The largest absolute Gasteiger partial charge is 0.497 e. The highest BCUT2D eigenvalue weighted by Crippen LogP contribution is 2.36. The lowest BCUT2D eigenvalue weighted by Gasteiger charge is -2.14.